The minimum absolute atomic E-state index is 0.317. The first-order valence-corrected chi connectivity index (χ1v) is 6.31. The van der Waals surface area contributed by atoms with E-state index in [2.05, 4.69) is 0 Å². The predicted octanol–water partition coefficient (Wildman–Crippen LogP) is 2.60. The van der Waals surface area contributed by atoms with Crippen LogP contribution in [-0.4, -0.2) is 29.8 Å². The lowest BCUT2D eigenvalue weighted by molar-refractivity contribution is -0.159. The number of carboxylic acid groups (broad SMARTS) is 1. The monoisotopic (exact) mass is 280 g/mol. The summed E-state index contributed by atoms with van der Waals surface area (Å²) in [5, 5.41) is 8.98. The molecule has 0 bridgehead atoms. The molecule has 1 N–H and O–H groups in total. The Labute approximate surface area is 118 Å². The van der Waals surface area contributed by atoms with Gasteiger partial charge in [-0.05, 0) is 38.5 Å². The maximum atomic E-state index is 12.2. The number of carboxylic acids is 1. The standard InChI is InChI=1S/C15H20O5/c1-15(2,3)20-14(18)12(9-13(16)17)10-6-5-7-11(8-10)19-4/h5-8,12H,9H2,1-4H3,(H,16,17). The highest BCUT2D eigenvalue weighted by molar-refractivity contribution is 5.84. The molecule has 0 aliphatic heterocycles. The smallest absolute Gasteiger partial charge is 0.314 e. The third-order valence-corrected chi connectivity index (χ3v) is 2.57. The van der Waals surface area contributed by atoms with E-state index in [9.17, 15) is 9.59 Å². The Hall–Kier alpha value is -2.04. The highest BCUT2D eigenvalue weighted by atomic mass is 16.6. The molecule has 0 saturated heterocycles. The fraction of sp³-hybridized carbons (Fsp3) is 0.467. The Bertz CT molecular complexity index is 487. The number of hydrogen-bond acceptors (Lipinski definition) is 4. The molecule has 1 aromatic rings. The van der Waals surface area contributed by atoms with Gasteiger partial charge < -0.3 is 14.6 Å². The Balaban J connectivity index is 3.04. The summed E-state index contributed by atoms with van der Waals surface area (Å²) in [7, 11) is 1.51. The quantitative estimate of drug-likeness (QED) is 0.839. The van der Waals surface area contributed by atoms with Crippen molar-refractivity contribution in [3.63, 3.8) is 0 Å². The lowest BCUT2D eigenvalue weighted by Gasteiger charge is -2.23. The molecule has 1 atom stereocenters. The third kappa shape index (κ3) is 4.91. The number of rotatable bonds is 5. The molecular formula is C15H20O5. The van der Waals surface area contributed by atoms with E-state index in [1.807, 2.05) is 0 Å². The van der Waals surface area contributed by atoms with Crippen molar-refractivity contribution in [2.24, 2.45) is 0 Å². The maximum absolute atomic E-state index is 12.2. The van der Waals surface area contributed by atoms with E-state index in [4.69, 9.17) is 14.6 Å². The summed E-state index contributed by atoms with van der Waals surface area (Å²) >= 11 is 0. The topological polar surface area (TPSA) is 72.8 Å². The molecule has 1 aromatic carbocycles. The number of carbonyl (C=O) groups is 2. The first-order valence-electron chi connectivity index (χ1n) is 6.31. The Morgan fingerprint density at radius 1 is 1.30 bits per heavy atom. The Morgan fingerprint density at radius 3 is 2.45 bits per heavy atom. The fourth-order valence-corrected chi connectivity index (χ4v) is 1.74. The minimum Gasteiger partial charge on any atom is -0.497 e. The molecule has 0 fully saturated rings. The second-order valence-corrected chi connectivity index (χ2v) is 5.46. The van der Waals surface area contributed by atoms with Gasteiger partial charge >= 0.3 is 11.9 Å². The number of aliphatic carboxylic acids is 1. The van der Waals surface area contributed by atoms with Gasteiger partial charge in [-0.2, -0.15) is 0 Å². The van der Waals surface area contributed by atoms with Crippen LogP contribution in [0.25, 0.3) is 0 Å². The van der Waals surface area contributed by atoms with Gasteiger partial charge in [0.2, 0.25) is 0 Å². The van der Waals surface area contributed by atoms with Crippen LogP contribution in [0.3, 0.4) is 0 Å². The average Bonchev–Trinajstić information content (AvgIpc) is 2.33. The third-order valence-electron chi connectivity index (χ3n) is 2.57. The van der Waals surface area contributed by atoms with E-state index in [-0.39, 0.29) is 6.42 Å². The zero-order valence-corrected chi connectivity index (χ0v) is 12.2. The zero-order valence-electron chi connectivity index (χ0n) is 12.2. The van der Waals surface area contributed by atoms with Gasteiger partial charge in [-0.1, -0.05) is 12.1 Å². The molecule has 0 aliphatic rings. The molecule has 0 amide bonds. The van der Waals surface area contributed by atoms with Crippen molar-refractivity contribution in [2.45, 2.75) is 38.7 Å². The van der Waals surface area contributed by atoms with Crippen molar-refractivity contribution in [3.8, 4) is 5.75 Å². The lowest BCUT2D eigenvalue weighted by Crippen LogP contribution is -2.29. The molecule has 0 saturated carbocycles. The van der Waals surface area contributed by atoms with E-state index >= 15 is 0 Å². The van der Waals surface area contributed by atoms with E-state index < -0.39 is 23.5 Å². The van der Waals surface area contributed by atoms with Crippen LogP contribution in [0.15, 0.2) is 24.3 Å². The molecule has 0 spiro atoms. The van der Waals surface area contributed by atoms with Crippen molar-refractivity contribution in [3.05, 3.63) is 29.8 Å². The number of methoxy groups -OCH3 is 1. The number of carbonyl (C=O) groups excluding carboxylic acids is 1. The molecule has 0 heterocycles. The molecule has 0 radical (unpaired) electrons. The molecule has 1 rings (SSSR count). The van der Waals surface area contributed by atoms with Crippen LogP contribution in [0, 0.1) is 0 Å². The summed E-state index contributed by atoms with van der Waals surface area (Å²) in [4.78, 5) is 23.1. The maximum Gasteiger partial charge on any atom is 0.314 e. The molecule has 0 aliphatic carbocycles. The van der Waals surface area contributed by atoms with Gasteiger partial charge in [0, 0.05) is 0 Å². The SMILES string of the molecule is COc1cccc(C(CC(=O)O)C(=O)OC(C)(C)C)c1. The van der Waals surface area contributed by atoms with Gasteiger partial charge in [-0.15, -0.1) is 0 Å². The van der Waals surface area contributed by atoms with Gasteiger partial charge in [-0.3, -0.25) is 9.59 Å². The van der Waals surface area contributed by atoms with Crippen molar-refractivity contribution in [1.29, 1.82) is 0 Å². The number of ether oxygens (including phenoxy) is 2. The van der Waals surface area contributed by atoms with Gasteiger partial charge in [-0.25, -0.2) is 0 Å². The Kier molecular flexibility index (Phi) is 5.13. The summed E-state index contributed by atoms with van der Waals surface area (Å²) < 4.78 is 10.4. The molecule has 5 nitrogen and oxygen atoms in total. The van der Waals surface area contributed by atoms with Crippen LogP contribution in [0.5, 0.6) is 5.75 Å². The summed E-state index contributed by atoms with van der Waals surface area (Å²) in [5.41, 5.74) is -0.0896. The van der Waals surface area contributed by atoms with Gasteiger partial charge in [0.15, 0.2) is 0 Å². The summed E-state index contributed by atoms with van der Waals surface area (Å²) in [6.45, 7) is 5.23. The van der Waals surface area contributed by atoms with Crippen molar-refractivity contribution in [1.82, 2.24) is 0 Å². The first-order chi connectivity index (χ1) is 9.23. The van der Waals surface area contributed by atoms with Crippen molar-refractivity contribution < 1.29 is 24.2 Å². The molecule has 0 aromatic heterocycles. The molecule has 20 heavy (non-hydrogen) atoms. The molecule has 5 heteroatoms. The van der Waals surface area contributed by atoms with E-state index in [1.165, 1.54) is 7.11 Å². The second-order valence-electron chi connectivity index (χ2n) is 5.46. The van der Waals surface area contributed by atoms with Crippen LogP contribution in [0.1, 0.15) is 38.7 Å². The summed E-state index contributed by atoms with van der Waals surface area (Å²) in [6, 6.07) is 6.79. The van der Waals surface area contributed by atoms with Crippen LogP contribution in [0.4, 0.5) is 0 Å². The Morgan fingerprint density at radius 2 is 1.95 bits per heavy atom. The average molecular weight is 280 g/mol. The molecular weight excluding hydrogens is 260 g/mol. The van der Waals surface area contributed by atoms with Gasteiger partial charge in [0.25, 0.3) is 0 Å². The highest BCUT2D eigenvalue weighted by Crippen LogP contribution is 2.26. The lowest BCUT2D eigenvalue weighted by atomic mass is 9.95. The molecule has 1 unspecified atom stereocenters. The zero-order chi connectivity index (χ0) is 15.3. The number of esters is 1. The number of hydrogen-bond donors (Lipinski definition) is 1. The van der Waals surface area contributed by atoms with Crippen LogP contribution >= 0.6 is 0 Å². The second kappa shape index (κ2) is 6.41. The van der Waals surface area contributed by atoms with Crippen LogP contribution in [0.2, 0.25) is 0 Å². The van der Waals surface area contributed by atoms with Crippen molar-refractivity contribution in [2.75, 3.05) is 7.11 Å². The summed E-state index contributed by atoms with van der Waals surface area (Å²) in [5.74, 6) is -1.87. The van der Waals surface area contributed by atoms with Gasteiger partial charge in [0.1, 0.15) is 11.4 Å². The minimum atomic E-state index is -1.05. The van der Waals surface area contributed by atoms with E-state index in [1.54, 1.807) is 45.0 Å². The first kappa shape index (κ1) is 16.0. The summed E-state index contributed by atoms with van der Waals surface area (Å²) in [6.07, 6.45) is -0.317. The van der Waals surface area contributed by atoms with Gasteiger partial charge in [0.05, 0.1) is 19.4 Å². The largest absolute Gasteiger partial charge is 0.497 e. The fourth-order valence-electron chi connectivity index (χ4n) is 1.74. The molecule has 110 valence electrons. The normalized spacial score (nSPS) is 12.6. The predicted molar refractivity (Wildman–Crippen MR) is 73.8 cm³/mol. The number of benzene rings is 1. The van der Waals surface area contributed by atoms with E-state index in [0.29, 0.717) is 11.3 Å². The van der Waals surface area contributed by atoms with Crippen LogP contribution in [-0.2, 0) is 14.3 Å². The van der Waals surface area contributed by atoms with Crippen molar-refractivity contribution >= 4 is 11.9 Å². The van der Waals surface area contributed by atoms with Crippen LogP contribution < -0.4 is 4.74 Å². The van der Waals surface area contributed by atoms with E-state index in [0.717, 1.165) is 0 Å². The highest BCUT2D eigenvalue weighted by Gasteiger charge is 2.29.